The summed E-state index contributed by atoms with van der Waals surface area (Å²) in [5, 5.41) is 0. The van der Waals surface area contributed by atoms with Gasteiger partial charge in [-0.15, -0.1) is 23.7 Å². The van der Waals surface area contributed by atoms with E-state index in [0.717, 1.165) is 82.0 Å². The van der Waals surface area contributed by atoms with Crippen molar-refractivity contribution in [1.82, 2.24) is 0 Å². The van der Waals surface area contributed by atoms with Crippen molar-refractivity contribution in [2.24, 2.45) is 9.98 Å². The minimum absolute atomic E-state index is 0. The predicted molar refractivity (Wildman–Crippen MR) is 325 cm³/mol. The molecular weight excluding hydrogens is 975 g/mol. The van der Waals surface area contributed by atoms with Gasteiger partial charge in [-0.05, 0) is 74.6 Å². The van der Waals surface area contributed by atoms with Crippen molar-refractivity contribution < 1.29 is 20.4 Å². The molecule has 0 saturated carbocycles. The number of benzene rings is 2. The van der Waals surface area contributed by atoms with Gasteiger partial charge < -0.3 is 0 Å². The molecule has 0 bridgehead atoms. The summed E-state index contributed by atoms with van der Waals surface area (Å²) in [4.78, 5) is 11.1. The Morgan fingerprint density at radius 1 is 0.288 bits per heavy atom. The van der Waals surface area contributed by atoms with Crippen LogP contribution in [0.4, 0.5) is 11.4 Å². The molecule has 3 heteroatoms. The third-order valence-electron chi connectivity index (χ3n) is 15.0. The molecule has 0 atom stereocenters. The number of unbranched alkanes of at least 4 members (excludes halogenated alkanes) is 38. The summed E-state index contributed by atoms with van der Waals surface area (Å²) in [6.07, 6.45) is 62.7. The summed E-state index contributed by atoms with van der Waals surface area (Å²) in [7, 11) is 0. The molecule has 0 saturated heterocycles. The number of hydrogen-bond donors (Lipinski definition) is 0. The van der Waals surface area contributed by atoms with Crippen LogP contribution in [-0.2, 0) is 33.3 Å². The molecule has 0 spiro atoms. The molecule has 0 aliphatic rings. The summed E-state index contributed by atoms with van der Waals surface area (Å²) >= 11 is 0. The Labute approximate surface area is 469 Å². The molecule has 2 aromatic rings. The van der Waals surface area contributed by atoms with Gasteiger partial charge >= 0.3 is 0 Å². The molecule has 73 heavy (non-hydrogen) atoms. The smallest absolute Gasteiger partial charge is 0.0666 e. The topological polar surface area (TPSA) is 24.7 Å². The van der Waals surface area contributed by atoms with E-state index in [0.29, 0.717) is 0 Å². The second-order valence-electron chi connectivity index (χ2n) is 21.8. The van der Waals surface area contributed by atoms with Crippen molar-refractivity contribution in [3.05, 3.63) is 59.7 Å². The van der Waals surface area contributed by atoms with Gasteiger partial charge in [0, 0.05) is 46.1 Å². The Morgan fingerprint density at radius 2 is 0.534 bits per heavy atom. The van der Waals surface area contributed by atoms with Crippen LogP contribution >= 0.6 is 0 Å². The summed E-state index contributed by atoms with van der Waals surface area (Å²) in [6.45, 7) is 9.21. The molecule has 2 rings (SSSR count). The van der Waals surface area contributed by atoms with E-state index in [-0.39, 0.29) is 20.4 Å². The van der Waals surface area contributed by atoms with Gasteiger partial charge in [-0.25, -0.2) is 0 Å². The zero-order valence-corrected chi connectivity index (χ0v) is 50.3. The number of para-hydroxylation sites is 2. The van der Waals surface area contributed by atoms with Crippen molar-refractivity contribution in [2.75, 3.05) is 0 Å². The first-order valence-corrected chi connectivity index (χ1v) is 32.0. The van der Waals surface area contributed by atoms with Crippen LogP contribution in [0.5, 0.6) is 0 Å². The molecule has 416 valence electrons. The Bertz CT molecular complexity index is 1700. The van der Waals surface area contributed by atoms with E-state index in [9.17, 15) is 0 Å². The van der Waals surface area contributed by atoms with Gasteiger partial charge in [0.05, 0.1) is 22.8 Å². The minimum atomic E-state index is 0. The molecule has 0 radical (unpaired) electrons. The molecule has 2 aromatic carbocycles. The van der Waals surface area contributed by atoms with Gasteiger partial charge in [0.2, 0.25) is 0 Å². The van der Waals surface area contributed by atoms with Crippen molar-refractivity contribution in [2.45, 2.75) is 336 Å². The Kier molecular flexibility index (Phi) is 51.1. The van der Waals surface area contributed by atoms with Gasteiger partial charge in [-0.2, -0.15) is 0 Å². The number of hydrogen-bond acceptors (Lipinski definition) is 2. The maximum Gasteiger partial charge on any atom is 0.0666 e. The molecular formula is C70H116N2Pd. The second-order valence-corrected chi connectivity index (χ2v) is 21.8. The maximum absolute atomic E-state index is 5.55. The van der Waals surface area contributed by atoms with E-state index in [4.69, 9.17) is 9.98 Å². The number of rotatable bonds is 49. The van der Waals surface area contributed by atoms with Crippen LogP contribution in [0.15, 0.2) is 58.5 Å². The Hall–Kier alpha value is -2.44. The fraction of sp³-hybridized carbons (Fsp3) is 0.743. The third kappa shape index (κ3) is 41.4. The largest absolute Gasteiger partial charge is 0.251 e. The van der Waals surface area contributed by atoms with Crippen molar-refractivity contribution in [3.63, 3.8) is 0 Å². The quantitative estimate of drug-likeness (QED) is 0.0273. The normalized spacial score (nSPS) is 11.6. The molecule has 0 N–H and O–H groups in total. The predicted octanol–water partition coefficient (Wildman–Crippen LogP) is 23.6. The number of aryl methyl sites for hydroxylation is 2. The van der Waals surface area contributed by atoms with E-state index < -0.39 is 0 Å². The van der Waals surface area contributed by atoms with Gasteiger partial charge in [-0.1, -0.05) is 295 Å². The van der Waals surface area contributed by atoms with Gasteiger partial charge in [0.1, 0.15) is 0 Å². The van der Waals surface area contributed by atoms with E-state index in [1.165, 1.54) is 260 Å². The van der Waals surface area contributed by atoms with Crippen LogP contribution in [0.3, 0.4) is 0 Å². The SMILES string of the molecule is CCCCCCCCCCCCCCCCCCC#CCCc1ccccc1/N=C(CCCC)\C(CCCCCCCC)=N\c1ccccc1CCC#CCCCCCCCCCCCCCCCCCC.[Pd]. The molecule has 0 aliphatic carbocycles. The fourth-order valence-electron chi connectivity index (χ4n) is 10.2. The van der Waals surface area contributed by atoms with Crippen molar-refractivity contribution in [1.29, 1.82) is 0 Å². The van der Waals surface area contributed by atoms with Crippen LogP contribution in [-0.4, -0.2) is 11.4 Å². The number of nitrogens with zero attached hydrogens (tertiary/aromatic N) is 2. The zero-order chi connectivity index (χ0) is 51.3. The molecule has 0 fully saturated rings. The first kappa shape index (κ1) is 68.6. The van der Waals surface area contributed by atoms with Crippen LogP contribution in [0, 0.1) is 23.7 Å². The van der Waals surface area contributed by atoms with Crippen LogP contribution in [0.1, 0.15) is 334 Å². The minimum Gasteiger partial charge on any atom is -0.251 e. The Balaban J connectivity index is 0.0000266. The van der Waals surface area contributed by atoms with Crippen LogP contribution in [0.25, 0.3) is 0 Å². The summed E-state index contributed by atoms with van der Waals surface area (Å²) < 4.78 is 0. The average molecular weight is 1090 g/mol. The first-order valence-electron chi connectivity index (χ1n) is 32.0. The van der Waals surface area contributed by atoms with Crippen molar-refractivity contribution in [3.8, 4) is 23.7 Å². The van der Waals surface area contributed by atoms with Gasteiger partial charge in [-0.3, -0.25) is 9.98 Å². The molecule has 0 aliphatic heterocycles. The van der Waals surface area contributed by atoms with Gasteiger partial charge in [0.25, 0.3) is 0 Å². The molecule has 0 unspecified atom stereocenters. The molecule has 2 nitrogen and oxygen atoms in total. The standard InChI is InChI=1S/C70H116N2.Pd/c1-5-9-13-16-19-21-23-25-27-29-31-33-35-37-39-41-43-45-47-50-57-65-59-53-55-62-67(65)71-69(61-12-8-4)70(64-52-49-18-15-11-7-3)72-68-63-56-54-60-66(68)58-51-48-46-44-42-40-38-36-34-32-30-28-26-24-22-20-17-14-10-6-2;/h53-56,59-60,62-63H,5-44,49-52,57-58,61,64H2,1-4H3;/b71-69-,72-70+;. The summed E-state index contributed by atoms with van der Waals surface area (Å²) in [6, 6.07) is 17.7. The molecule has 0 heterocycles. The van der Waals surface area contributed by atoms with Crippen LogP contribution < -0.4 is 0 Å². The molecule has 0 amide bonds. The first-order chi connectivity index (χ1) is 35.7. The molecule has 0 aromatic heterocycles. The van der Waals surface area contributed by atoms with E-state index in [1.54, 1.807) is 0 Å². The van der Waals surface area contributed by atoms with E-state index in [2.05, 4.69) is 99.9 Å². The number of aliphatic imine (C=N–C) groups is 2. The summed E-state index contributed by atoms with van der Waals surface area (Å²) in [5.41, 5.74) is 7.20. The Morgan fingerprint density at radius 3 is 0.849 bits per heavy atom. The fourth-order valence-corrected chi connectivity index (χ4v) is 10.2. The van der Waals surface area contributed by atoms with E-state index in [1.807, 2.05) is 0 Å². The van der Waals surface area contributed by atoms with Gasteiger partial charge in [0.15, 0.2) is 0 Å². The zero-order valence-electron chi connectivity index (χ0n) is 48.8. The second kappa shape index (κ2) is 54.4. The van der Waals surface area contributed by atoms with E-state index >= 15 is 0 Å². The third-order valence-corrected chi connectivity index (χ3v) is 15.0. The maximum atomic E-state index is 5.55. The summed E-state index contributed by atoms with van der Waals surface area (Å²) in [5.74, 6) is 14.1. The van der Waals surface area contributed by atoms with Crippen molar-refractivity contribution >= 4 is 22.8 Å². The average Bonchev–Trinajstić information content (AvgIpc) is 3.40. The van der Waals surface area contributed by atoms with Crippen LogP contribution in [0.2, 0.25) is 0 Å². The monoisotopic (exact) mass is 1090 g/mol.